The van der Waals surface area contributed by atoms with Gasteiger partial charge in [-0.3, -0.25) is 4.79 Å². The Labute approximate surface area is 94.9 Å². The van der Waals surface area contributed by atoms with E-state index in [-0.39, 0.29) is 11.7 Å². The van der Waals surface area contributed by atoms with Gasteiger partial charge in [0.05, 0.1) is 6.26 Å². The van der Waals surface area contributed by atoms with Crippen molar-refractivity contribution in [2.24, 2.45) is 5.92 Å². The molecule has 16 heavy (non-hydrogen) atoms. The lowest BCUT2D eigenvalue weighted by Crippen LogP contribution is -2.08. The number of ketones is 1. The van der Waals surface area contributed by atoms with Crippen LogP contribution in [0.15, 0.2) is 47.1 Å². The maximum atomic E-state index is 12.0. The molecular weight excluding hydrogens is 200 g/mol. The molecule has 1 aromatic heterocycles. The molecule has 0 saturated heterocycles. The molecule has 0 aliphatic rings. The number of Topliss-reactive ketones (excluding diaryl/α,β-unsaturated/α-hetero) is 1. The van der Waals surface area contributed by atoms with Gasteiger partial charge < -0.3 is 4.42 Å². The highest BCUT2D eigenvalue weighted by atomic mass is 16.3. The zero-order valence-corrected chi connectivity index (χ0v) is 9.44. The highest BCUT2D eigenvalue weighted by molar-refractivity contribution is 6.02. The van der Waals surface area contributed by atoms with Gasteiger partial charge in [-0.15, -0.1) is 0 Å². The molecule has 0 bridgehead atoms. The van der Waals surface area contributed by atoms with E-state index in [1.807, 2.05) is 50.2 Å². The van der Waals surface area contributed by atoms with Crippen molar-refractivity contribution >= 4 is 5.78 Å². The van der Waals surface area contributed by atoms with Crippen LogP contribution in [-0.2, 0) is 0 Å². The quantitative estimate of drug-likeness (QED) is 0.728. The Morgan fingerprint density at radius 3 is 2.50 bits per heavy atom. The monoisotopic (exact) mass is 214 g/mol. The third-order valence-corrected chi connectivity index (χ3v) is 2.50. The number of rotatable bonds is 3. The molecule has 0 atom stereocenters. The van der Waals surface area contributed by atoms with E-state index in [0.29, 0.717) is 0 Å². The molecule has 0 fully saturated rings. The molecule has 1 heterocycles. The Bertz CT molecular complexity index is 481. The van der Waals surface area contributed by atoms with Crippen LogP contribution in [0.3, 0.4) is 0 Å². The second-order valence-electron chi connectivity index (χ2n) is 4.04. The van der Waals surface area contributed by atoms with Crippen LogP contribution in [0.2, 0.25) is 0 Å². The smallest absolute Gasteiger partial charge is 0.166 e. The van der Waals surface area contributed by atoms with Crippen molar-refractivity contribution in [2.75, 3.05) is 0 Å². The fourth-order valence-corrected chi connectivity index (χ4v) is 1.66. The Balaban J connectivity index is 2.51. The van der Waals surface area contributed by atoms with E-state index >= 15 is 0 Å². The molecule has 2 nitrogen and oxygen atoms in total. The molecule has 82 valence electrons. The van der Waals surface area contributed by atoms with Gasteiger partial charge in [-0.05, 0) is 12.1 Å². The first kappa shape index (κ1) is 10.7. The summed E-state index contributed by atoms with van der Waals surface area (Å²) in [5, 5.41) is 0. The van der Waals surface area contributed by atoms with Gasteiger partial charge in [-0.1, -0.05) is 38.1 Å². The number of carbonyl (C=O) groups is 1. The van der Waals surface area contributed by atoms with Crippen LogP contribution in [0.5, 0.6) is 0 Å². The molecule has 2 aromatic rings. The molecule has 0 amide bonds. The van der Waals surface area contributed by atoms with Crippen molar-refractivity contribution < 1.29 is 9.21 Å². The minimum Gasteiger partial charge on any atom is -0.464 e. The summed E-state index contributed by atoms with van der Waals surface area (Å²) in [6.07, 6.45) is 1.62. The largest absolute Gasteiger partial charge is 0.464 e. The first-order valence-corrected chi connectivity index (χ1v) is 5.37. The van der Waals surface area contributed by atoms with Gasteiger partial charge in [-0.25, -0.2) is 0 Å². The first-order valence-electron chi connectivity index (χ1n) is 5.37. The number of hydrogen-bond donors (Lipinski definition) is 0. The van der Waals surface area contributed by atoms with Gasteiger partial charge in [-0.2, -0.15) is 0 Å². The first-order chi connectivity index (χ1) is 7.70. The number of hydrogen-bond acceptors (Lipinski definition) is 2. The SMILES string of the molecule is CC(C)C(=O)c1ccccc1-c1ccco1. The number of benzene rings is 1. The fraction of sp³-hybridized carbons (Fsp3) is 0.214. The summed E-state index contributed by atoms with van der Waals surface area (Å²) in [7, 11) is 0. The molecule has 0 saturated carbocycles. The molecule has 0 aliphatic heterocycles. The van der Waals surface area contributed by atoms with E-state index in [1.54, 1.807) is 6.26 Å². The molecule has 0 aliphatic carbocycles. The van der Waals surface area contributed by atoms with Gasteiger partial charge in [0.2, 0.25) is 0 Å². The molecular formula is C14H14O2. The van der Waals surface area contributed by atoms with Crippen LogP contribution in [0.25, 0.3) is 11.3 Å². The predicted molar refractivity (Wildman–Crippen MR) is 63.3 cm³/mol. The standard InChI is InChI=1S/C14H14O2/c1-10(2)14(15)12-7-4-3-6-11(12)13-8-5-9-16-13/h3-10H,1-2H3. The molecule has 2 heteroatoms. The minimum atomic E-state index is -0.00360. The minimum absolute atomic E-state index is 0.00360. The highest BCUT2D eigenvalue weighted by Gasteiger charge is 2.16. The normalized spacial score (nSPS) is 10.7. The zero-order chi connectivity index (χ0) is 11.5. The average Bonchev–Trinajstić information content (AvgIpc) is 2.81. The third kappa shape index (κ3) is 1.91. The summed E-state index contributed by atoms with van der Waals surface area (Å²) < 4.78 is 5.34. The molecule has 0 radical (unpaired) electrons. The van der Waals surface area contributed by atoms with Crippen LogP contribution < -0.4 is 0 Å². The van der Waals surface area contributed by atoms with E-state index in [1.165, 1.54) is 0 Å². The van der Waals surface area contributed by atoms with Crippen LogP contribution >= 0.6 is 0 Å². The maximum absolute atomic E-state index is 12.0. The van der Waals surface area contributed by atoms with E-state index in [2.05, 4.69) is 0 Å². The molecule has 1 aromatic carbocycles. The second kappa shape index (κ2) is 4.35. The fourth-order valence-electron chi connectivity index (χ4n) is 1.66. The van der Waals surface area contributed by atoms with Crippen molar-refractivity contribution in [3.8, 4) is 11.3 Å². The number of furan rings is 1. The van der Waals surface area contributed by atoms with E-state index in [4.69, 9.17) is 4.42 Å². The maximum Gasteiger partial charge on any atom is 0.166 e. The van der Waals surface area contributed by atoms with Gasteiger partial charge in [0.25, 0.3) is 0 Å². The van der Waals surface area contributed by atoms with Crippen molar-refractivity contribution in [3.05, 3.63) is 48.2 Å². The summed E-state index contributed by atoms with van der Waals surface area (Å²) in [6.45, 7) is 3.81. The average molecular weight is 214 g/mol. The van der Waals surface area contributed by atoms with Gasteiger partial charge in [0.15, 0.2) is 5.78 Å². The molecule has 0 N–H and O–H groups in total. The highest BCUT2D eigenvalue weighted by Crippen LogP contribution is 2.25. The van der Waals surface area contributed by atoms with Crippen molar-refractivity contribution in [1.29, 1.82) is 0 Å². The topological polar surface area (TPSA) is 30.2 Å². The van der Waals surface area contributed by atoms with Crippen LogP contribution in [0, 0.1) is 5.92 Å². The third-order valence-electron chi connectivity index (χ3n) is 2.50. The van der Waals surface area contributed by atoms with E-state index in [9.17, 15) is 4.79 Å². The van der Waals surface area contributed by atoms with Crippen LogP contribution in [0.1, 0.15) is 24.2 Å². The Morgan fingerprint density at radius 1 is 1.12 bits per heavy atom. The van der Waals surface area contributed by atoms with E-state index in [0.717, 1.165) is 16.9 Å². The van der Waals surface area contributed by atoms with Crippen LogP contribution in [-0.4, -0.2) is 5.78 Å². The van der Waals surface area contributed by atoms with E-state index < -0.39 is 0 Å². The lowest BCUT2D eigenvalue weighted by atomic mass is 9.95. The lowest BCUT2D eigenvalue weighted by molar-refractivity contribution is 0.0940. The summed E-state index contributed by atoms with van der Waals surface area (Å²) in [6, 6.07) is 11.2. The Morgan fingerprint density at radius 2 is 1.88 bits per heavy atom. The van der Waals surface area contributed by atoms with Gasteiger partial charge in [0, 0.05) is 17.0 Å². The Hall–Kier alpha value is -1.83. The molecule has 0 unspecified atom stereocenters. The van der Waals surface area contributed by atoms with Crippen molar-refractivity contribution in [2.45, 2.75) is 13.8 Å². The van der Waals surface area contributed by atoms with Crippen LogP contribution in [0.4, 0.5) is 0 Å². The lowest BCUT2D eigenvalue weighted by Gasteiger charge is -2.08. The summed E-state index contributed by atoms with van der Waals surface area (Å²) in [5.41, 5.74) is 1.60. The van der Waals surface area contributed by atoms with Gasteiger partial charge >= 0.3 is 0 Å². The zero-order valence-electron chi connectivity index (χ0n) is 9.44. The predicted octanol–water partition coefficient (Wildman–Crippen LogP) is 3.79. The summed E-state index contributed by atoms with van der Waals surface area (Å²) in [4.78, 5) is 12.0. The molecule has 0 spiro atoms. The Kier molecular flexibility index (Phi) is 2.91. The van der Waals surface area contributed by atoms with Crippen molar-refractivity contribution in [3.63, 3.8) is 0 Å². The number of carbonyl (C=O) groups excluding carboxylic acids is 1. The summed E-state index contributed by atoms with van der Waals surface area (Å²) >= 11 is 0. The summed E-state index contributed by atoms with van der Waals surface area (Å²) in [5.74, 6) is 0.882. The van der Waals surface area contributed by atoms with Crippen molar-refractivity contribution in [1.82, 2.24) is 0 Å². The van der Waals surface area contributed by atoms with Gasteiger partial charge in [0.1, 0.15) is 5.76 Å². The second-order valence-corrected chi connectivity index (χ2v) is 4.04. The molecule has 2 rings (SSSR count).